The first-order valence-corrected chi connectivity index (χ1v) is 9.68. The number of nitrogens with zero attached hydrogens (tertiary/aromatic N) is 2. The first kappa shape index (κ1) is 24.5. The van der Waals surface area contributed by atoms with Gasteiger partial charge in [0.15, 0.2) is 5.96 Å². The van der Waals surface area contributed by atoms with Crippen molar-refractivity contribution in [3.05, 3.63) is 77.4 Å². The summed E-state index contributed by atoms with van der Waals surface area (Å²) in [5, 5.41) is 3.48. The fraction of sp³-hybridized carbons (Fsp3) is 0.182. The van der Waals surface area contributed by atoms with E-state index in [2.05, 4.69) is 15.3 Å². The molecule has 3 N–H and O–H groups in total. The number of aromatic nitrogens is 1. The minimum atomic E-state index is 0. The minimum absolute atomic E-state index is 0. The van der Waals surface area contributed by atoms with Crippen molar-refractivity contribution in [2.75, 3.05) is 25.6 Å². The molecule has 1 aromatic heterocycles. The lowest BCUT2D eigenvalue weighted by molar-refractivity contribution is 0.212. The predicted molar refractivity (Wildman–Crippen MR) is 134 cm³/mol. The summed E-state index contributed by atoms with van der Waals surface area (Å²) in [6.45, 7) is 1.23. The van der Waals surface area contributed by atoms with Crippen LogP contribution in [0.15, 0.2) is 71.9 Å². The lowest BCUT2D eigenvalue weighted by Crippen LogP contribution is -2.22. The van der Waals surface area contributed by atoms with E-state index in [9.17, 15) is 0 Å². The van der Waals surface area contributed by atoms with Gasteiger partial charge in [-0.15, -0.1) is 24.0 Å². The van der Waals surface area contributed by atoms with E-state index in [4.69, 9.17) is 31.5 Å². The van der Waals surface area contributed by atoms with Crippen LogP contribution in [0.2, 0.25) is 5.02 Å². The number of aliphatic imine (C=N–C) groups is 1. The van der Waals surface area contributed by atoms with E-state index in [0.717, 1.165) is 17.0 Å². The Morgan fingerprint density at radius 1 is 1.06 bits per heavy atom. The molecule has 0 aliphatic carbocycles. The third-order valence-electron chi connectivity index (χ3n) is 4.00. The van der Waals surface area contributed by atoms with E-state index in [0.29, 0.717) is 36.4 Å². The van der Waals surface area contributed by atoms with Crippen molar-refractivity contribution < 1.29 is 14.2 Å². The highest BCUT2D eigenvalue weighted by Gasteiger charge is 2.03. The lowest BCUT2D eigenvalue weighted by atomic mass is 10.3. The van der Waals surface area contributed by atoms with Crippen LogP contribution in [-0.4, -0.2) is 31.3 Å². The van der Waals surface area contributed by atoms with Crippen molar-refractivity contribution in [3.8, 4) is 17.4 Å². The highest BCUT2D eigenvalue weighted by Crippen LogP contribution is 2.27. The highest BCUT2D eigenvalue weighted by atomic mass is 127. The zero-order valence-corrected chi connectivity index (χ0v) is 20.0. The second-order valence-electron chi connectivity index (χ2n) is 6.19. The number of halogens is 2. The van der Waals surface area contributed by atoms with Gasteiger partial charge in [-0.25, -0.2) is 9.98 Å². The summed E-state index contributed by atoms with van der Waals surface area (Å²) in [7, 11) is 1.56. The van der Waals surface area contributed by atoms with E-state index >= 15 is 0 Å². The number of ether oxygens (including phenoxy) is 3. The molecule has 2 aromatic carbocycles. The Morgan fingerprint density at radius 2 is 1.84 bits per heavy atom. The van der Waals surface area contributed by atoms with Crippen molar-refractivity contribution in [2.24, 2.45) is 10.7 Å². The maximum absolute atomic E-state index is 6.10. The molecule has 7 nitrogen and oxygen atoms in total. The summed E-state index contributed by atoms with van der Waals surface area (Å²) >= 11 is 6.10. The zero-order chi connectivity index (χ0) is 21.2. The molecule has 31 heavy (non-hydrogen) atoms. The fourth-order valence-corrected chi connectivity index (χ4v) is 2.78. The molecule has 9 heteroatoms. The Hall–Kier alpha value is -2.72. The number of pyridine rings is 1. The third-order valence-corrected chi connectivity index (χ3v) is 4.29. The van der Waals surface area contributed by atoms with Crippen LogP contribution in [0.25, 0.3) is 0 Å². The number of benzene rings is 2. The summed E-state index contributed by atoms with van der Waals surface area (Å²) in [6, 6.07) is 18.6. The Labute approximate surface area is 203 Å². The topological polar surface area (TPSA) is 91.0 Å². The van der Waals surface area contributed by atoms with Crippen molar-refractivity contribution in [1.29, 1.82) is 0 Å². The zero-order valence-electron chi connectivity index (χ0n) is 17.0. The van der Waals surface area contributed by atoms with Crippen molar-refractivity contribution in [3.63, 3.8) is 0 Å². The average Bonchev–Trinajstić information content (AvgIpc) is 2.77. The summed E-state index contributed by atoms with van der Waals surface area (Å²) in [5.41, 5.74) is 7.57. The van der Waals surface area contributed by atoms with E-state index in [1.54, 1.807) is 31.5 Å². The van der Waals surface area contributed by atoms with Gasteiger partial charge in [0.25, 0.3) is 0 Å². The van der Waals surface area contributed by atoms with Gasteiger partial charge in [-0.2, -0.15) is 0 Å². The monoisotopic (exact) mass is 554 g/mol. The van der Waals surface area contributed by atoms with Crippen LogP contribution >= 0.6 is 35.6 Å². The number of nitrogens with one attached hydrogen (secondary N) is 1. The van der Waals surface area contributed by atoms with Gasteiger partial charge in [-0.05, 0) is 35.9 Å². The summed E-state index contributed by atoms with van der Waals surface area (Å²) in [4.78, 5) is 8.59. The summed E-state index contributed by atoms with van der Waals surface area (Å²) in [6.07, 6.45) is 1.70. The number of hydrogen-bond donors (Lipinski definition) is 2. The number of guanidine groups is 1. The molecule has 3 aromatic rings. The lowest BCUT2D eigenvalue weighted by Gasteiger charge is -2.09. The first-order chi connectivity index (χ1) is 14.6. The molecule has 0 saturated carbocycles. The van der Waals surface area contributed by atoms with Crippen molar-refractivity contribution in [2.45, 2.75) is 6.54 Å². The largest absolute Gasteiger partial charge is 0.495 e. The van der Waals surface area contributed by atoms with Crippen molar-refractivity contribution in [1.82, 2.24) is 4.98 Å². The van der Waals surface area contributed by atoms with Crippen LogP contribution in [0.3, 0.4) is 0 Å². The van der Waals surface area contributed by atoms with E-state index in [1.807, 2.05) is 42.5 Å². The Balaban J connectivity index is 0.00000341. The van der Waals surface area contributed by atoms with Gasteiger partial charge in [0.2, 0.25) is 5.88 Å². The molecular formula is C22H24ClIN4O3. The molecule has 0 aliphatic heterocycles. The number of para-hydroxylation sites is 1. The van der Waals surface area contributed by atoms with Crippen LogP contribution in [0.1, 0.15) is 5.56 Å². The maximum atomic E-state index is 6.10. The number of hydrogen-bond acceptors (Lipinski definition) is 5. The molecule has 0 fully saturated rings. The first-order valence-electron chi connectivity index (χ1n) is 9.30. The van der Waals surface area contributed by atoms with Crippen LogP contribution in [0.5, 0.6) is 17.4 Å². The van der Waals surface area contributed by atoms with Gasteiger partial charge in [0.05, 0.1) is 18.7 Å². The molecule has 1 heterocycles. The van der Waals surface area contributed by atoms with Gasteiger partial charge < -0.3 is 25.3 Å². The smallest absolute Gasteiger partial charge is 0.213 e. The molecule has 0 saturated heterocycles. The van der Waals surface area contributed by atoms with Gasteiger partial charge in [-0.1, -0.05) is 35.9 Å². The SMILES string of the molecule is COc1ccc(NC(N)=NCc2ccc(OCCOc3ccccc3)nc2)cc1Cl.I. The summed E-state index contributed by atoms with van der Waals surface area (Å²) < 4.78 is 16.3. The minimum Gasteiger partial charge on any atom is -0.495 e. The molecule has 164 valence electrons. The fourth-order valence-electron chi connectivity index (χ4n) is 2.52. The Kier molecular flexibility index (Phi) is 10.2. The number of methoxy groups -OCH3 is 1. The van der Waals surface area contributed by atoms with Crippen LogP contribution in [-0.2, 0) is 6.54 Å². The molecular weight excluding hydrogens is 531 g/mol. The van der Waals surface area contributed by atoms with E-state index in [-0.39, 0.29) is 29.9 Å². The average molecular weight is 555 g/mol. The molecule has 0 bridgehead atoms. The molecule has 0 aliphatic rings. The molecule has 3 rings (SSSR count). The van der Waals surface area contributed by atoms with Crippen LogP contribution in [0.4, 0.5) is 5.69 Å². The number of anilines is 1. The predicted octanol–water partition coefficient (Wildman–Crippen LogP) is 4.75. The summed E-state index contributed by atoms with van der Waals surface area (Å²) in [5.74, 6) is 2.20. The standard InChI is InChI=1S/C22H23ClN4O3.HI/c1-28-20-9-8-17(13-19(20)23)27-22(24)26-15-16-7-10-21(25-14-16)30-12-11-29-18-5-3-2-4-6-18;/h2-10,13-14H,11-12,15H2,1H3,(H3,24,26,27);1H. The highest BCUT2D eigenvalue weighted by molar-refractivity contribution is 14.0. The van der Waals surface area contributed by atoms with E-state index < -0.39 is 0 Å². The third kappa shape index (κ3) is 8.14. The maximum Gasteiger partial charge on any atom is 0.213 e. The molecule has 0 unspecified atom stereocenters. The second kappa shape index (κ2) is 12.9. The van der Waals surface area contributed by atoms with Gasteiger partial charge >= 0.3 is 0 Å². The molecule has 0 amide bonds. The van der Waals surface area contributed by atoms with Gasteiger partial charge in [-0.3, -0.25) is 0 Å². The molecule has 0 atom stereocenters. The van der Waals surface area contributed by atoms with Crippen LogP contribution in [0, 0.1) is 0 Å². The van der Waals surface area contributed by atoms with Gasteiger partial charge in [0.1, 0.15) is 24.7 Å². The normalized spacial score (nSPS) is 10.7. The number of rotatable bonds is 9. The quantitative estimate of drug-likeness (QED) is 0.172. The Morgan fingerprint density at radius 3 is 2.52 bits per heavy atom. The van der Waals surface area contributed by atoms with E-state index in [1.165, 1.54) is 0 Å². The second-order valence-corrected chi connectivity index (χ2v) is 6.60. The Bertz CT molecular complexity index is 972. The molecule has 0 radical (unpaired) electrons. The van der Waals surface area contributed by atoms with Gasteiger partial charge in [0, 0.05) is 18.0 Å². The van der Waals surface area contributed by atoms with Crippen molar-refractivity contribution >= 4 is 47.2 Å². The molecule has 0 spiro atoms. The van der Waals surface area contributed by atoms with Crippen LogP contribution < -0.4 is 25.3 Å². The number of nitrogens with two attached hydrogens (primary N) is 1.